The van der Waals surface area contributed by atoms with E-state index in [0.29, 0.717) is 5.15 Å². The van der Waals surface area contributed by atoms with Crippen LogP contribution < -0.4 is 0 Å². The molecule has 1 N–H and O–H groups in total. The third kappa shape index (κ3) is 5.14. The van der Waals surface area contributed by atoms with Crippen LogP contribution in [0.4, 0.5) is 0 Å². The molecule has 5 heteroatoms. The first-order valence-electron chi connectivity index (χ1n) is 4.23. The molecule has 15 heavy (non-hydrogen) atoms. The number of aromatic nitrogens is 1. The van der Waals surface area contributed by atoms with E-state index in [0.717, 1.165) is 10.2 Å². The molecule has 0 unspecified atom stereocenters. The standard InChI is InChI=1S/C9H11BrClN.CH2O2/c1-9(2,3)8-6(10)4-5-7(11)12-8;2-1-3/h4-5H,1-3H3;1H,(H,2,3). The first kappa shape index (κ1) is 14.4. The minimum absolute atomic E-state index is 0.0315. The van der Waals surface area contributed by atoms with Gasteiger partial charge in [0.2, 0.25) is 0 Å². The SMILES string of the molecule is CC(C)(C)c1nc(Cl)ccc1Br.O=CO. The molecule has 0 radical (unpaired) electrons. The van der Waals surface area contributed by atoms with Gasteiger partial charge in [-0.25, -0.2) is 4.98 Å². The summed E-state index contributed by atoms with van der Waals surface area (Å²) >= 11 is 9.24. The van der Waals surface area contributed by atoms with Crippen LogP contribution in [0.25, 0.3) is 0 Å². The summed E-state index contributed by atoms with van der Waals surface area (Å²) < 4.78 is 1.01. The Bertz CT molecular complexity index is 337. The Hall–Kier alpha value is -0.610. The van der Waals surface area contributed by atoms with Crippen LogP contribution in [0, 0.1) is 0 Å². The second kappa shape index (κ2) is 6.08. The number of carboxylic acid groups (broad SMARTS) is 1. The van der Waals surface area contributed by atoms with Gasteiger partial charge in [0.25, 0.3) is 6.47 Å². The molecule has 1 heterocycles. The lowest BCUT2D eigenvalue weighted by Gasteiger charge is -2.19. The molecule has 0 bridgehead atoms. The lowest BCUT2D eigenvalue weighted by atomic mass is 9.92. The molecule has 0 aliphatic carbocycles. The van der Waals surface area contributed by atoms with Crippen LogP contribution in [0.3, 0.4) is 0 Å². The topological polar surface area (TPSA) is 50.2 Å². The third-order valence-corrected chi connectivity index (χ3v) is 2.37. The molecule has 0 saturated heterocycles. The fourth-order valence-corrected chi connectivity index (χ4v) is 1.91. The number of halogens is 2. The second-order valence-electron chi connectivity index (χ2n) is 3.82. The smallest absolute Gasteiger partial charge is 0.290 e. The molecular formula is C10H13BrClNO2. The van der Waals surface area contributed by atoms with Gasteiger partial charge < -0.3 is 5.11 Å². The maximum Gasteiger partial charge on any atom is 0.290 e. The largest absolute Gasteiger partial charge is 0.483 e. The predicted molar refractivity (Wildman–Crippen MR) is 64.3 cm³/mol. The summed E-state index contributed by atoms with van der Waals surface area (Å²) in [5, 5.41) is 7.43. The molecule has 0 fully saturated rings. The Morgan fingerprint density at radius 3 is 2.27 bits per heavy atom. The minimum Gasteiger partial charge on any atom is -0.483 e. The summed E-state index contributed by atoms with van der Waals surface area (Å²) in [5.74, 6) is 0. The summed E-state index contributed by atoms with van der Waals surface area (Å²) in [6.07, 6.45) is 0. The van der Waals surface area contributed by atoms with Gasteiger partial charge in [0, 0.05) is 9.89 Å². The van der Waals surface area contributed by atoms with E-state index in [1.165, 1.54) is 0 Å². The summed E-state index contributed by atoms with van der Waals surface area (Å²) in [6, 6.07) is 3.71. The van der Waals surface area contributed by atoms with Crippen LogP contribution in [0.2, 0.25) is 5.15 Å². The van der Waals surface area contributed by atoms with E-state index in [1.807, 2.05) is 6.07 Å². The van der Waals surface area contributed by atoms with Crippen molar-refractivity contribution in [3.63, 3.8) is 0 Å². The predicted octanol–water partition coefficient (Wildman–Crippen LogP) is 3.50. The number of hydrogen-bond acceptors (Lipinski definition) is 2. The van der Waals surface area contributed by atoms with Crippen molar-refractivity contribution in [2.24, 2.45) is 0 Å². The fraction of sp³-hybridized carbons (Fsp3) is 0.400. The molecule has 0 aromatic carbocycles. The van der Waals surface area contributed by atoms with Crippen molar-refractivity contribution in [1.82, 2.24) is 4.98 Å². The van der Waals surface area contributed by atoms with Gasteiger partial charge >= 0.3 is 0 Å². The zero-order chi connectivity index (χ0) is 12.1. The molecule has 1 aromatic rings. The molecular weight excluding hydrogens is 281 g/mol. The van der Waals surface area contributed by atoms with E-state index < -0.39 is 0 Å². The number of rotatable bonds is 0. The van der Waals surface area contributed by atoms with E-state index in [9.17, 15) is 0 Å². The third-order valence-electron chi connectivity index (χ3n) is 1.52. The minimum atomic E-state index is -0.250. The van der Waals surface area contributed by atoms with Gasteiger partial charge in [0.1, 0.15) is 5.15 Å². The van der Waals surface area contributed by atoms with Crippen molar-refractivity contribution in [2.75, 3.05) is 0 Å². The van der Waals surface area contributed by atoms with Crippen LogP contribution in [0.5, 0.6) is 0 Å². The fourth-order valence-electron chi connectivity index (χ4n) is 0.944. The van der Waals surface area contributed by atoms with E-state index in [4.69, 9.17) is 21.5 Å². The summed E-state index contributed by atoms with van der Waals surface area (Å²) in [6.45, 7) is 6.07. The molecule has 0 aliphatic rings. The average Bonchev–Trinajstić information content (AvgIpc) is 2.09. The quantitative estimate of drug-likeness (QED) is 0.588. The Labute approximate surface area is 103 Å². The first-order chi connectivity index (χ1) is 6.82. The van der Waals surface area contributed by atoms with E-state index in [-0.39, 0.29) is 11.9 Å². The maximum atomic E-state index is 8.36. The summed E-state index contributed by atoms with van der Waals surface area (Å²) in [5.41, 5.74) is 1.03. The monoisotopic (exact) mass is 293 g/mol. The average molecular weight is 295 g/mol. The highest BCUT2D eigenvalue weighted by molar-refractivity contribution is 9.10. The van der Waals surface area contributed by atoms with Crippen LogP contribution in [-0.2, 0) is 10.2 Å². The van der Waals surface area contributed by atoms with E-state index in [1.54, 1.807) is 6.07 Å². The molecule has 0 spiro atoms. The molecule has 3 nitrogen and oxygen atoms in total. The van der Waals surface area contributed by atoms with Crippen molar-refractivity contribution in [2.45, 2.75) is 26.2 Å². The van der Waals surface area contributed by atoms with Crippen molar-refractivity contribution in [1.29, 1.82) is 0 Å². The molecule has 1 aromatic heterocycles. The number of carbonyl (C=O) groups is 1. The Balaban J connectivity index is 0.000000583. The summed E-state index contributed by atoms with van der Waals surface area (Å²) in [7, 11) is 0. The highest BCUT2D eigenvalue weighted by atomic mass is 79.9. The van der Waals surface area contributed by atoms with Crippen molar-refractivity contribution >= 4 is 34.0 Å². The van der Waals surface area contributed by atoms with Gasteiger partial charge in [0.05, 0.1) is 5.69 Å². The van der Waals surface area contributed by atoms with Gasteiger partial charge in [-0.2, -0.15) is 0 Å². The van der Waals surface area contributed by atoms with E-state index >= 15 is 0 Å². The lowest BCUT2D eigenvalue weighted by molar-refractivity contribution is -0.122. The first-order valence-corrected chi connectivity index (χ1v) is 5.40. The second-order valence-corrected chi connectivity index (χ2v) is 5.06. The lowest BCUT2D eigenvalue weighted by Crippen LogP contribution is -2.14. The van der Waals surface area contributed by atoms with Crippen molar-refractivity contribution in [3.8, 4) is 0 Å². The molecule has 0 atom stereocenters. The molecule has 1 rings (SSSR count). The highest BCUT2D eigenvalue weighted by Gasteiger charge is 2.18. The Kier molecular flexibility index (Phi) is 5.83. The molecule has 0 amide bonds. The van der Waals surface area contributed by atoms with Crippen LogP contribution >= 0.6 is 27.5 Å². The highest BCUT2D eigenvalue weighted by Crippen LogP contribution is 2.28. The molecule has 84 valence electrons. The van der Waals surface area contributed by atoms with Crippen LogP contribution in [0.1, 0.15) is 26.5 Å². The molecule has 0 aliphatic heterocycles. The van der Waals surface area contributed by atoms with Crippen molar-refractivity contribution < 1.29 is 9.90 Å². The number of pyridine rings is 1. The van der Waals surface area contributed by atoms with Crippen molar-refractivity contribution in [3.05, 3.63) is 27.5 Å². The number of nitrogens with zero attached hydrogens (tertiary/aromatic N) is 1. The van der Waals surface area contributed by atoms with Crippen LogP contribution in [-0.4, -0.2) is 16.6 Å². The van der Waals surface area contributed by atoms with Gasteiger partial charge in [-0.05, 0) is 28.1 Å². The Morgan fingerprint density at radius 1 is 1.47 bits per heavy atom. The van der Waals surface area contributed by atoms with Gasteiger partial charge in [-0.1, -0.05) is 32.4 Å². The van der Waals surface area contributed by atoms with Gasteiger partial charge in [-0.3, -0.25) is 4.79 Å². The molecule has 0 saturated carbocycles. The van der Waals surface area contributed by atoms with Gasteiger partial charge in [-0.15, -0.1) is 0 Å². The van der Waals surface area contributed by atoms with E-state index in [2.05, 4.69) is 41.7 Å². The Morgan fingerprint density at radius 2 is 1.93 bits per heavy atom. The zero-order valence-electron chi connectivity index (χ0n) is 8.79. The maximum absolute atomic E-state index is 8.36. The van der Waals surface area contributed by atoms with Crippen LogP contribution in [0.15, 0.2) is 16.6 Å². The zero-order valence-corrected chi connectivity index (χ0v) is 11.1. The summed E-state index contributed by atoms with van der Waals surface area (Å²) in [4.78, 5) is 12.6. The number of hydrogen-bond donors (Lipinski definition) is 1. The van der Waals surface area contributed by atoms with Gasteiger partial charge in [0.15, 0.2) is 0 Å². The normalized spacial score (nSPS) is 10.2.